The molecule has 1 aliphatic heterocycles. The SMILES string of the molecule is Cc1ccc(Cc2cccc3cc([C@@H]4O[C@H](COCc5ccccc5)[C@@H](OCc5ccccc5)[C@H](OCc5ccccc5)[C@H]4OCc4ccccc4)sc23)cc1. The lowest BCUT2D eigenvalue weighted by atomic mass is 9.93. The zero-order valence-electron chi connectivity index (χ0n) is 31.7. The molecule has 0 unspecified atom stereocenters. The molecule has 1 aliphatic rings. The van der Waals surface area contributed by atoms with Crippen LogP contribution in [0, 0.1) is 6.92 Å². The highest BCUT2D eigenvalue weighted by Gasteiger charge is 2.49. The van der Waals surface area contributed by atoms with Gasteiger partial charge in [-0.15, -0.1) is 11.3 Å². The van der Waals surface area contributed by atoms with Gasteiger partial charge in [-0.3, -0.25) is 0 Å². The maximum Gasteiger partial charge on any atom is 0.121 e. The molecule has 1 saturated heterocycles. The van der Waals surface area contributed by atoms with E-state index in [9.17, 15) is 0 Å². The van der Waals surface area contributed by atoms with E-state index in [0.29, 0.717) is 33.0 Å². The van der Waals surface area contributed by atoms with Gasteiger partial charge in [0.2, 0.25) is 0 Å². The summed E-state index contributed by atoms with van der Waals surface area (Å²) in [5.74, 6) is 0. The van der Waals surface area contributed by atoms with Crippen LogP contribution in [0.15, 0.2) is 170 Å². The van der Waals surface area contributed by atoms with Crippen LogP contribution in [0.4, 0.5) is 0 Å². The second-order valence-electron chi connectivity index (χ2n) is 14.5. The second-order valence-corrected chi connectivity index (χ2v) is 15.6. The Hall–Kier alpha value is -4.92. The monoisotopic (exact) mass is 760 g/mol. The van der Waals surface area contributed by atoms with Crippen molar-refractivity contribution < 1.29 is 23.7 Å². The number of thiophene rings is 1. The van der Waals surface area contributed by atoms with Gasteiger partial charge in [0.1, 0.15) is 30.5 Å². The van der Waals surface area contributed by atoms with Crippen LogP contribution >= 0.6 is 11.3 Å². The minimum atomic E-state index is -0.488. The fourth-order valence-electron chi connectivity index (χ4n) is 7.37. The molecular formula is C50H48O5S. The zero-order chi connectivity index (χ0) is 37.9. The Balaban J connectivity index is 1.17. The highest BCUT2D eigenvalue weighted by Crippen LogP contribution is 2.43. The molecule has 5 atom stereocenters. The van der Waals surface area contributed by atoms with Crippen molar-refractivity contribution in [1.29, 1.82) is 0 Å². The van der Waals surface area contributed by atoms with Gasteiger partial charge in [-0.05, 0) is 58.2 Å². The van der Waals surface area contributed by atoms with Gasteiger partial charge in [0, 0.05) is 9.58 Å². The molecule has 284 valence electrons. The van der Waals surface area contributed by atoms with E-state index < -0.39 is 30.5 Å². The summed E-state index contributed by atoms with van der Waals surface area (Å²) in [6, 6.07) is 58.9. The standard InChI is InChI=1S/C50H48O5S/c1-36-25-27-37(28-26-36)29-42-23-14-24-43-30-45(56-50(42)43)47-49(54-34-41-21-12-5-13-22-41)48(53-33-40-19-10-4-11-20-40)46(52-32-39-17-8-3-9-18-39)44(55-47)35-51-31-38-15-6-2-7-16-38/h2-28,30,44,46-49H,29,31-35H2,1H3/t44-,46-,47+,48+,49+/m1/s1. The second kappa shape index (κ2) is 18.8. The van der Waals surface area contributed by atoms with Gasteiger partial charge in [-0.2, -0.15) is 0 Å². The normalized spacial score (nSPS) is 19.6. The summed E-state index contributed by atoms with van der Waals surface area (Å²) < 4.78 is 35.9. The van der Waals surface area contributed by atoms with Crippen molar-refractivity contribution >= 4 is 21.4 Å². The molecule has 0 aliphatic carbocycles. The predicted molar refractivity (Wildman–Crippen MR) is 225 cm³/mol. The average Bonchev–Trinajstić information content (AvgIpc) is 3.69. The van der Waals surface area contributed by atoms with Gasteiger partial charge in [-0.25, -0.2) is 0 Å². The van der Waals surface area contributed by atoms with Gasteiger partial charge in [0.15, 0.2) is 0 Å². The molecule has 1 fully saturated rings. The van der Waals surface area contributed by atoms with E-state index in [4.69, 9.17) is 23.7 Å². The van der Waals surface area contributed by atoms with Gasteiger partial charge < -0.3 is 23.7 Å². The van der Waals surface area contributed by atoms with Gasteiger partial charge in [0.05, 0.1) is 33.0 Å². The number of hydrogen-bond acceptors (Lipinski definition) is 6. The fraction of sp³-hybridized carbons (Fsp3) is 0.240. The summed E-state index contributed by atoms with van der Waals surface area (Å²) in [6.07, 6.45) is -1.49. The molecule has 0 N–H and O–H groups in total. The predicted octanol–water partition coefficient (Wildman–Crippen LogP) is 11.2. The Morgan fingerprint density at radius 3 is 1.59 bits per heavy atom. The van der Waals surface area contributed by atoms with E-state index in [1.807, 2.05) is 72.8 Å². The Morgan fingerprint density at radius 1 is 0.500 bits per heavy atom. The van der Waals surface area contributed by atoms with Crippen molar-refractivity contribution in [2.45, 2.75) is 70.3 Å². The third-order valence-electron chi connectivity index (χ3n) is 10.3. The number of benzene rings is 6. The molecule has 0 amide bonds. The molecule has 6 aromatic carbocycles. The number of ether oxygens (including phenoxy) is 5. The molecule has 8 rings (SSSR count). The summed E-state index contributed by atoms with van der Waals surface area (Å²) in [5.41, 5.74) is 8.20. The lowest BCUT2D eigenvalue weighted by Crippen LogP contribution is -2.58. The molecule has 0 radical (unpaired) electrons. The Labute approximate surface area is 334 Å². The van der Waals surface area contributed by atoms with Crippen molar-refractivity contribution in [3.05, 3.63) is 214 Å². The highest BCUT2D eigenvalue weighted by atomic mass is 32.1. The number of rotatable bonds is 16. The zero-order valence-corrected chi connectivity index (χ0v) is 32.6. The summed E-state index contributed by atoms with van der Waals surface area (Å²) >= 11 is 1.79. The summed E-state index contributed by atoms with van der Waals surface area (Å²) in [5, 5.41) is 1.20. The van der Waals surface area contributed by atoms with Crippen LogP contribution in [-0.4, -0.2) is 31.0 Å². The minimum Gasteiger partial charge on any atom is -0.374 e. The van der Waals surface area contributed by atoms with E-state index in [0.717, 1.165) is 33.6 Å². The van der Waals surface area contributed by atoms with Crippen LogP contribution in [0.5, 0.6) is 0 Å². The molecule has 5 nitrogen and oxygen atoms in total. The van der Waals surface area contributed by atoms with E-state index >= 15 is 0 Å². The van der Waals surface area contributed by atoms with E-state index in [1.165, 1.54) is 26.8 Å². The first-order valence-electron chi connectivity index (χ1n) is 19.5. The number of fused-ring (bicyclic) bond motifs is 1. The molecule has 0 spiro atoms. The topological polar surface area (TPSA) is 46.2 Å². The van der Waals surface area contributed by atoms with Crippen LogP contribution in [0.25, 0.3) is 10.1 Å². The van der Waals surface area contributed by atoms with Crippen molar-refractivity contribution in [3.63, 3.8) is 0 Å². The molecule has 6 heteroatoms. The highest BCUT2D eigenvalue weighted by molar-refractivity contribution is 7.19. The number of hydrogen-bond donors (Lipinski definition) is 0. The first-order chi connectivity index (χ1) is 27.7. The van der Waals surface area contributed by atoms with Crippen LogP contribution < -0.4 is 0 Å². The van der Waals surface area contributed by atoms with Crippen molar-refractivity contribution in [3.8, 4) is 0 Å². The lowest BCUT2D eigenvalue weighted by Gasteiger charge is -2.46. The summed E-state index contributed by atoms with van der Waals surface area (Å²) in [7, 11) is 0. The average molecular weight is 761 g/mol. The van der Waals surface area contributed by atoms with Crippen LogP contribution in [0.2, 0.25) is 0 Å². The quantitative estimate of drug-likeness (QED) is 0.0981. The van der Waals surface area contributed by atoms with Gasteiger partial charge in [-0.1, -0.05) is 169 Å². The third kappa shape index (κ3) is 9.71. The Kier molecular flexibility index (Phi) is 12.8. The largest absolute Gasteiger partial charge is 0.374 e. The fourth-order valence-corrected chi connectivity index (χ4v) is 8.61. The Morgan fingerprint density at radius 2 is 1.02 bits per heavy atom. The lowest BCUT2D eigenvalue weighted by molar-refractivity contribution is -0.274. The van der Waals surface area contributed by atoms with Crippen LogP contribution in [0.3, 0.4) is 0 Å². The molecule has 1 aromatic heterocycles. The van der Waals surface area contributed by atoms with E-state index in [1.54, 1.807) is 11.3 Å². The van der Waals surface area contributed by atoms with Gasteiger partial charge in [0.25, 0.3) is 0 Å². The molecular weight excluding hydrogens is 713 g/mol. The molecule has 0 bridgehead atoms. The van der Waals surface area contributed by atoms with E-state index in [2.05, 4.69) is 104 Å². The van der Waals surface area contributed by atoms with Crippen LogP contribution in [-0.2, 0) is 56.5 Å². The number of aryl methyl sites for hydroxylation is 1. The first kappa shape index (κ1) is 38.0. The van der Waals surface area contributed by atoms with Crippen molar-refractivity contribution in [2.75, 3.05) is 6.61 Å². The molecule has 7 aromatic rings. The maximum atomic E-state index is 7.25. The maximum absolute atomic E-state index is 7.25. The summed E-state index contributed by atoms with van der Waals surface area (Å²) in [6.45, 7) is 4.12. The Bertz CT molecular complexity index is 2220. The summed E-state index contributed by atoms with van der Waals surface area (Å²) in [4.78, 5) is 1.09. The van der Waals surface area contributed by atoms with Gasteiger partial charge >= 0.3 is 0 Å². The smallest absolute Gasteiger partial charge is 0.121 e. The van der Waals surface area contributed by atoms with E-state index in [-0.39, 0.29) is 0 Å². The first-order valence-corrected chi connectivity index (χ1v) is 20.3. The third-order valence-corrected chi connectivity index (χ3v) is 11.6. The van der Waals surface area contributed by atoms with Crippen molar-refractivity contribution in [1.82, 2.24) is 0 Å². The van der Waals surface area contributed by atoms with Crippen molar-refractivity contribution in [2.24, 2.45) is 0 Å². The molecule has 56 heavy (non-hydrogen) atoms. The van der Waals surface area contributed by atoms with Crippen LogP contribution in [0.1, 0.15) is 49.9 Å². The molecule has 0 saturated carbocycles. The molecule has 2 heterocycles. The minimum absolute atomic E-state index is 0.324.